The number of para-hydroxylation sites is 1. The van der Waals surface area contributed by atoms with Gasteiger partial charge in [-0.15, -0.1) is 11.3 Å². The standard InChI is InChI=1S/C14H13N3O2S/c15-12(18)8-17-10-5-2-1-4-9(10)14(19)16-13(17)11-6-3-7-20-11/h1-7,13H,8H2,(H2,15,18)(H,16,19). The molecule has 0 saturated carbocycles. The van der Waals surface area contributed by atoms with Crippen molar-refractivity contribution in [2.24, 2.45) is 5.73 Å². The highest BCUT2D eigenvalue weighted by molar-refractivity contribution is 7.10. The quantitative estimate of drug-likeness (QED) is 0.898. The number of benzene rings is 1. The van der Waals surface area contributed by atoms with Gasteiger partial charge in [0, 0.05) is 4.88 Å². The van der Waals surface area contributed by atoms with Gasteiger partial charge in [0.2, 0.25) is 5.91 Å². The van der Waals surface area contributed by atoms with Gasteiger partial charge >= 0.3 is 0 Å². The van der Waals surface area contributed by atoms with E-state index in [1.54, 1.807) is 12.1 Å². The Labute approximate surface area is 120 Å². The minimum absolute atomic E-state index is 0.0554. The molecule has 2 heterocycles. The van der Waals surface area contributed by atoms with Crippen LogP contribution in [0.4, 0.5) is 5.69 Å². The molecule has 1 aromatic heterocycles. The van der Waals surface area contributed by atoms with E-state index in [1.165, 1.54) is 11.3 Å². The van der Waals surface area contributed by atoms with Crippen molar-refractivity contribution in [1.82, 2.24) is 5.32 Å². The van der Waals surface area contributed by atoms with Gasteiger partial charge in [-0.1, -0.05) is 18.2 Å². The topological polar surface area (TPSA) is 75.4 Å². The summed E-state index contributed by atoms with van der Waals surface area (Å²) in [5.41, 5.74) is 6.63. The molecule has 0 radical (unpaired) electrons. The predicted molar refractivity (Wildman–Crippen MR) is 77.5 cm³/mol. The molecule has 1 aliphatic heterocycles. The van der Waals surface area contributed by atoms with Crippen molar-refractivity contribution >= 4 is 28.8 Å². The van der Waals surface area contributed by atoms with Crippen LogP contribution < -0.4 is 16.0 Å². The Kier molecular flexibility index (Phi) is 3.15. The molecule has 20 heavy (non-hydrogen) atoms. The Bertz CT molecular complexity index is 654. The fourth-order valence-corrected chi connectivity index (χ4v) is 3.14. The molecule has 6 heteroatoms. The number of primary amides is 1. The smallest absolute Gasteiger partial charge is 0.255 e. The summed E-state index contributed by atoms with van der Waals surface area (Å²) < 4.78 is 0. The summed E-state index contributed by atoms with van der Waals surface area (Å²) in [4.78, 5) is 26.3. The summed E-state index contributed by atoms with van der Waals surface area (Å²) in [6, 6.07) is 11.1. The van der Waals surface area contributed by atoms with Gasteiger partial charge < -0.3 is 16.0 Å². The van der Waals surface area contributed by atoms with Crippen LogP contribution in [0.15, 0.2) is 41.8 Å². The van der Waals surface area contributed by atoms with Crippen molar-refractivity contribution in [3.8, 4) is 0 Å². The maximum atomic E-state index is 12.2. The van der Waals surface area contributed by atoms with Gasteiger partial charge in [-0.3, -0.25) is 9.59 Å². The number of fused-ring (bicyclic) bond motifs is 1. The summed E-state index contributed by atoms with van der Waals surface area (Å²) in [5.74, 6) is -0.572. The second-order valence-electron chi connectivity index (χ2n) is 4.50. The molecule has 2 amide bonds. The number of rotatable bonds is 3. The summed E-state index contributed by atoms with van der Waals surface area (Å²) >= 11 is 1.53. The number of nitrogens with zero attached hydrogens (tertiary/aromatic N) is 1. The van der Waals surface area contributed by atoms with Crippen molar-refractivity contribution in [2.75, 3.05) is 11.4 Å². The average Bonchev–Trinajstić information content (AvgIpc) is 2.95. The van der Waals surface area contributed by atoms with Crippen molar-refractivity contribution in [3.63, 3.8) is 0 Å². The molecule has 3 N–H and O–H groups in total. The van der Waals surface area contributed by atoms with Crippen molar-refractivity contribution < 1.29 is 9.59 Å². The third-order valence-electron chi connectivity index (χ3n) is 3.18. The molecule has 1 atom stereocenters. The van der Waals surface area contributed by atoms with E-state index in [4.69, 9.17) is 5.73 Å². The second-order valence-corrected chi connectivity index (χ2v) is 5.48. The van der Waals surface area contributed by atoms with Crippen LogP contribution in [-0.4, -0.2) is 18.4 Å². The van der Waals surface area contributed by atoms with Crippen LogP contribution in [0, 0.1) is 0 Å². The summed E-state index contributed by atoms with van der Waals surface area (Å²) in [6.45, 7) is 0.0554. The highest BCUT2D eigenvalue weighted by Gasteiger charge is 2.32. The zero-order valence-corrected chi connectivity index (χ0v) is 11.4. The first-order chi connectivity index (χ1) is 9.66. The predicted octanol–water partition coefficient (Wildman–Crippen LogP) is 1.48. The Hall–Kier alpha value is -2.34. The lowest BCUT2D eigenvalue weighted by Gasteiger charge is -2.37. The first kappa shape index (κ1) is 12.7. The van der Waals surface area contributed by atoms with Crippen LogP contribution in [0.5, 0.6) is 0 Å². The Balaban J connectivity index is 2.08. The van der Waals surface area contributed by atoms with E-state index in [9.17, 15) is 9.59 Å². The molecule has 0 fully saturated rings. The summed E-state index contributed by atoms with van der Waals surface area (Å²) in [6.07, 6.45) is -0.357. The number of nitrogens with two attached hydrogens (primary N) is 1. The van der Waals surface area contributed by atoms with E-state index in [1.807, 2.05) is 34.5 Å². The van der Waals surface area contributed by atoms with Crippen LogP contribution in [0.1, 0.15) is 21.4 Å². The third-order valence-corrected chi connectivity index (χ3v) is 4.10. The number of anilines is 1. The lowest BCUT2D eigenvalue weighted by Crippen LogP contribution is -2.49. The van der Waals surface area contributed by atoms with E-state index in [-0.39, 0.29) is 18.6 Å². The van der Waals surface area contributed by atoms with Crippen molar-refractivity contribution in [1.29, 1.82) is 0 Å². The van der Waals surface area contributed by atoms with Gasteiger partial charge in [0.15, 0.2) is 0 Å². The van der Waals surface area contributed by atoms with Gasteiger partial charge in [-0.25, -0.2) is 0 Å². The monoisotopic (exact) mass is 287 g/mol. The molecule has 1 aromatic carbocycles. The van der Waals surface area contributed by atoms with Gasteiger partial charge in [0.05, 0.1) is 17.8 Å². The molecule has 2 aromatic rings. The molecule has 0 spiro atoms. The molecule has 5 nitrogen and oxygen atoms in total. The normalized spacial score (nSPS) is 17.5. The number of nitrogens with one attached hydrogen (secondary N) is 1. The molecule has 0 bridgehead atoms. The van der Waals surface area contributed by atoms with Crippen LogP contribution in [0.2, 0.25) is 0 Å². The molecule has 3 rings (SSSR count). The lowest BCUT2D eigenvalue weighted by molar-refractivity contribution is -0.116. The highest BCUT2D eigenvalue weighted by atomic mass is 32.1. The fraction of sp³-hybridized carbons (Fsp3) is 0.143. The Morgan fingerprint density at radius 3 is 2.80 bits per heavy atom. The maximum absolute atomic E-state index is 12.2. The number of hydrogen-bond donors (Lipinski definition) is 2. The fourth-order valence-electron chi connectivity index (χ4n) is 2.35. The highest BCUT2D eigenvalue weighted by Crippen LogP contribution is 2.34. The van der Waals surface area contributed by atoms with Crippen molar-refractivity contribution in [2.45, 2.75) is 6.17 Å². The van der Waals surface area contributed by atoms with E-state index < -0.39 is 5.91 Å². The molecule has 1 aliphatic rings. The minimum Gasteiger partial charge on any atom is -0.368 e. The minimum atomic E-state index is -0.433. The van der Waals surface area contributed by atoms with E-state index in [0.717, 1.165) is 10.6 Å². The van der Waals surface area contributed by atoms with Crippen LogP contribution in [0.25, 0.3) is 0 Å². The Morgan fingerprint density at radius 1 is 1.30 bits per heavy atom. The van der Waals surface area contributed by atoms with Gasteiger partial charge in [0.25, 0.3) is 5.91 Å². The van der Waals surface area contributed by atoms with E-state index >= 15 is 0 Å². The molecule has 102 valence electrons. The van der Waals surface area contributed by atoms with Crippen LogP contribution in [0.3, 0.4) is 0 Å². The number of carbonyl (C=O) groups excluding carboxylic acids is 2. The SMILES string of the molecule is NC(=O)CN1c2ccccc2C(=O)NC1c1cccs1. The number of amides is 2. The lowest BCUT2D eigenvalue weighted by atomic mass is 10.1. The van der Waals surface area contributed by atoms with Crippen LogP contribution >= 0.6 is 11.3 Å². The molecular weight excluding hydrogens is 274 g/mol. The average molecular weight is 287 g/mol. The molecular formula is C14H13N3O2S. The second kappa shape index (κ2) is 4.97. The third kappa shape index (κ3) is 2.14. The maximum Gasteiger partial charge on any atom is 0.255 e. The first-order valence-electron chi connectivity index (χ1n) is 6.15. The summed E-state index contributed by atoms with van der Waals surface area (Å²) in [5, 5.41) is 4.86. The van der Waals surface area contributed by atoms with Gasteiger partial charge in [-0.05, 0) is 23.6 Å². The van der Waals surface area contributed by atoms with Gasteiger partial charge in [-0.2, -0.15) is 0 Å². The molecule has 0 saturated heterocycles. The largest absolute Gasteiger partial charge is 0.368 e. The molecule has 1 unspecified atom stereocenters. The first-order valence-corrected chi connectivity index (χ1v) is 7.03. The Morgan fingerprint density at radius 2 is 2.10 bits per heavy atom. The van der Waals surface area contributed by atoms with Crippen molar-refractivity contribution in [3.05, 3.63) is 52.2 Å². The summed E-state index contributed by atoms with van der Waals surface area (Å²) in [7, 11) is 0. The number of hydrogen-bond acceptors (Lipinski definition) is 4. The van der Waals surface area contributed by atoms with E-state index in [2.05, 4.69) is 5.32 Å². The molecule has 0 aliphatic carbocycles. The number of thiophene rings is 1. The zero-order chi connectivity index (χ0) is 14.1. The zero-order valence-electron chi connectivity index (χ0n) is 10.6. The number of carbonyl (C=O) groups is 2. The van der Waals surface area contributed by atoms with Crippen LogP contribution in [-0.2, 0) is 4.79 Å². The van der Waals surface area contributed by atoms with E-state index in [0.29, 0.717) is 5.56 Å². The van der Waals surface area contributed by atoms with Gasteiger partial charge in [0.1, 0.15) is 6.17 Å².